The third kappa shape index (κ3) is 5.10. The van der Waals surface area contributed by atoms with E-state index in [-0.39, 0.29) is 5.41 Å². The first kappa shape index (κ1) is 19.4. The minimum Gasteiger partial charge on any atom is -0.0622 e. The molecule has 2 unspecified atom stereocenters. The van der Waals surface area contributed by atoms with E-state index in [1.807, 2.05) is 0 Å². The largest absolute Gasteiger partial charge is 0.0622 e. The van der Waals surface area contributed by atoms with Gasteiger partial charge in [0, 0.05) is 0 Å². The summed E-state index contributed by atoms with van der Waals surface area (Å²) < 4.78 is 0. The molecular weight excluding hydrogens is 324 g/mol. The van der Waals surface area contributed by atoms with Gasteiger partial charge in [-0.15, -0.1) is 0 Å². The smallest absolute Gasteiger partial charge is 0.00411 e. The molecule has 3 aromatic carbocycles. The zero-order valence-corrected chi connectivity index (χ0v) is 16.5. The van der Waals surface area contributed by atoms with Crippen molar-refractivity contribution in [3.05, 3.63) is 115 Å². The molecule has 0 N–H and O–H groups in total. The van der Waals surface area contributed by atoms with Crippen molar-refractivity contribution in [3.8, 4) is 0 Å². The van der Waals surface area contributed by atoms with E-state index < -0.39 is 0 Å². The van der Waals surface area contributed by atoms with Gasteiger partial charge in [0.2, 0.25) is 0 Å². The number of aryl methyl sites for hydroxylation is 1. The normalized spacial score (nSPS) is 14.4. The molecule has 0 bridgehead atoms. The Labute approximate surface area is 165 Å². The molecule has 0 aliphatic carbocycles. The third-order valence-corrected chi connectivity index (χ3v) is 5.89. The Morgan fingerprint density at radius 2 is 1.33 bits per heavy atom. The first-order valence-corrected chi connectivity index (χ1v) is 10.2. The lowest BCUT2D eigenvalue weighted by Gasteiger charge is -2.36. The van der Waals surface area contributed by atoms with Crippen molar-refractivity contribution in [2.75, 3.05) is 0 Å². The topological polar surface area (TPSA) is 0 Å². The summed E-state index contributed by atoms with van der Waals surface area (Å²) in [7, 11) is 0. The lowest BCUT2D eigenvalue weighted by Crippen LogP contribution is -2.28. The van der Waals surface area contributed by atoms with Crippen LogP contribution < -0.4 is 0 Å². The lowest BCUT2D eigenvalue weighted by atomic mass is 9.68. The number of hydrogen-bond acceptors (Lipinski definition) is 0. The van der Waals surface area contributed by atoms with E-state index >= 15 is 0 Å². The molecule has 0 amide bonds. The van der Waals surface area contributed by atoms with E-state index in [1.165, 1.54) is 29.5 Å². The number of hydrogen-bond donors (Lipinski definition) is 0. The minimum atomic E-state index is 0.130. The molecule has 0 heterocycles. The second-order valence-corrected chi connectivity index (χ2v) is 7.75. The van der Waals surface area contributed by atoms with E-state index in [0.29, 0.717) is 5.92 Å². The van der Waals surface area contributed by atoms with Crippen LogP contribution in [0.3, 0.4) is 0 Å². The molecule has 1 radical (unpaired) electrons. The SMILES string of the molecule is [CH2]CC(CCCc1ccccc1)(CC(C)c1ccccc1)c1ccccc1. The van der Waals surface area contributed by atoms with Gasteiger partial charge in [0.25, 0.3) is 0 Å². The Balaban J connectivity index is 1.79. The second kappa shape index (κ2) is 9.55. The van der Waals surface area contributed by atoms with Gasteiger partial charge in [0.1, 0.15) is 0 Å². The molecule has 0 saturated carbocycles. The van der Waals surface area contributed by atoms with Crippen LogP contribution in [0.5, 0.6) is 0 Å². The highest BCUT2D eigenvalue weighted by Gasteiger charge is 2.32. The molecule has 0 fully saturated rings. The van der Waals surface area contributed by atoms with Gasteiger partial charge in [0.15, 0.2) is 0 Å². The maximum atomic E-state index is 4.41. The van der Waals surface area contributed by atoms with Gasteiger partial charge in [-0.1, -0.05) is 105 Å². The van der Waals surface area contributed by atoms with Crippen molar-refractivity contribution in [1.82, 2.24) is 0 Å². The van der Waals surface area contributed by atoms with Gasteiger partial charge < -0.3 is 0 Å². The van der Waals surface area contributed by atoms with Gasteiger partial charge in [-0.05, 0) is 60.1 Å². The van der Waals surface area contributed by atoms with Crippen molar-refractivity contribution in [2.45, 2.75) is 50.4 Å². The quantitative estimate of drug-likeness (QED) is 0.376. The molecule has 3 rings (SSSR count). The zero-order valence-electron chi connectivity index (χ0n) is 16.5. The monoisotopic (exact) mass is 355 g/mol. The predicted molar refractivity (Wildman–Crippen MR) is 117 cm³/mol. The fraction of sp³-hybridized carbons (Fsp3) is 0.296. The van der Waals surface area contributed by atoms with Crippen molar-refractivity contribution in [2.24, 2.45) is 0 Å². The summed E-state index contributed by atoms with van der Waals surface area (Å²) in [5.74, 6) is 0.518. The minimum absolute atomic E-state index is 0.130. The molecule has 139 valence electrons. The first-order valence-electron chi connectivity index (χ1n) is 10.2. The summed E-state index contributed by atoms with van der Waals surface area (Å²) in [6.07, 6.45) is 5.57. The predicted octanol–water partition coefficient (Wildman–Crippen LogP) is 7.37. The van der Waals surface area contributed by atoms with Crippen molar-refractivity contribution >= 4 is 0 Å². The lowest BCUT2D eigenvalue weighted by molar-refractivity contribution is 0.333. The number of rotatable bonds is 9. The van der Waals surface area contributed by atoms with Crippen LogP contribution in [0.25, 0.3) is 0 Å². The molecule has 3 aromatic rings. The molecule has 2 atom stereocenters. The summed E-state index contributed by atoms with van der Waals surface area (Å²) in [6.45, 7) is 6.77. The molecule has 0 aromatic heterocycles. The summed E-state index contributed by atoms with van der Waals surface area (Å²) in [6, 6.07) is 32.8. The van der Waals surface area contributed by atoms with Crippen LogP contribution in [-0.4, -0.2) is 0 Å². The highest BCUT2D eigenvalue weighted by atomic mass is 14.4. The Morgan fingerprint density at radius 3 is 1.93 bits per heavy atom. The Kier molecular flexibility index (Phi) is 6.87. The maximum Gasteiger partial charge on any atom is -0.00411 e. The first-order chi connectivity index (χ1) is 13.2. The van der Waals surface area contributed by atoms with Crippen LogP contribution in [0.1, 0.15) is 55.2 Å². The third-order valence-electron chi connectivity index (χ3n) is 5.89. The van der Waals surface area contributed by atoms with E-state index in [2.05, 4.69) is 105 Å². The summed E-state index contributed by atoms with van der Waals surface area (Å²) >= 11 is 0. The van der Waals surface area contributed by atoms with Crippen LogP contribution in [-0.2, 0) is 11.8 Å². The van der Waals surface area contributed by atoms with E-state index in [1.54, 1.807) is 0 Å². The van der Waals surface area contributed by atoms with Gasteiger partial charge in [-0.3, -0.25) is 0 Å². The van der Waals surface area contributed by atoms with E-state index in [0.717, 1.165) is 19.3 Å². The van der Waals surface area contributed by atoms with Crippen molar-refractivity contribution < 1.29 is 0 Å². The summed E-state index contributed by atoms with van der Waals surface area (Å²) in [5, 5.41) is 0. The van der Waals surface area contributed by atoms with Gasteiger partial charge in [-0.25, -0.2) is 0 Å². The van der Waals surface area contributed by atoms with Crippen LogP contribution in [0.4, 0.5) is 0 Å². The highest BCUT2D eigenvalue weighted by Crippen LogP contribution is 2.41. The van der Waals surface area contributed by atoms with Gasteiger partial charge >= 0.3 is 0 Å². The van der Waals surface area contributed by atoms with Crippen LogP contribution >= 0.6 is 0 Å². The summed E-state index contributed by atoms with van der Waals surface area (Å²) in [4.78, 5) is 0. The Hall–Kier alpha value is -2.34. The summed E-state index contributed by atoms with van der Waals surface area (Å²) in [5.41, 5.74) is 4.43. The number of benzene rings is 3. The van der Waals surface area contributed by atoms with Gasteiger partial charge in [0.05, 0.1) is 0 Å². The molecule has 0 spiro atoms. The Bertz CT molecular complexity index is 776. The average Bonchev–Trinajstić information content (AvgIpc) is 2.75. The Morgan fingerprint density at radius 1 is 0.778 bits per heavy atom. The van der Waals surface area contributed by atoms with E-state index in [4.69, 9.17) is 0 Å². The fourth-order valence-corrected chi connectivity index (χ4v) is 4.29. The zero-order chi connectivity index (χ0) is 19.0. The maximum absolute atomic E-state index is 4.41. The molecular formula is C27H31. The van der Waals surface area contributed by atoms with Crippen molar-refractivity contribution in [3.63, 3.8) is 0 Å². The molecule has 0 nitrogen and oxygen atoms in total. The molecule has 0 aliphatic rings. The van der Waals surface area contributed by atoms with Crippen LogP contribution in [0.2, 0.25) is 0 Å². The molecule has 27 heavy (non-hydrogen) atoms. The van der Waals surface area contributed by atoms with Crippen LogP contribution in [0, 0.1) is 6.92 Å². The standard InChI is InChI=1S/C27H31/c1-3-27(26-19-11-6-12-20-26,21-13-16-24-14-7-4-8-15-24)22-23(2)25-17-9-5-10-18-25/h4-12,14-15,17-20,23H,1,3,13,16,21-22H2,2H3. The van der Waals surface area contributed by atoms with Crippen molar-refractivity contribution in [1.29, 1.82) is 0 Å². The fourth-order valence-electron chi connectivity index (χ4n) is 4.29. The molecule has 0 heteroatoms. The van der Waals surface area contributed by atoms with Gasteiger partial charge in [-0.2, -0.15) is 0 Å². The average molecular weight is 356 g/mol. The van der Waals surface area contributed by atoms with Crippen LogP contribution in [0.15, 0.2) is 91.0 Å². The molecule has 0 aliphatic heterocycles. The molecule has 0 saturated heterocycles. The highest BCUT2D eigenvalue weighted by molar-refractivity contribution is 5.28. The van der Waals surface area contributed by atoms with E-state index in [9.17, 15) is 0 Å². The second-order valence-electron chi connectivity index (χ2n) is 7.75.